The van der Waals surface area contributed by atoms with Crippen LogP contribution in [0.25, 0.3) is 0 Å². The number of carbonyl (C=O) groups is 2. The number of H-pyrrole nitrogens is 1. The Bertz CT molecular complexity index is 685. The number of halogens is 3. The lowest BCUT2D eigenvalue weighted by Gasteiger charge is -2.09. The number of nitrogens with one attached hydrogen (secondary N) is 1. The molecule has 0 bridgehead atoms. The normalized spacial score (nSPS) is 16.4. The summed E-state index contributed by atoms with van der Waals surface area (Å²) in [7, 11) is 0. The Balaban J connectivity index is 2.32. The van der Waals surface area contributed by atoms with Crippen LogP contribution in [0.3, 0.4) is 0 Å². The van der Waals surface area contributed by atoms with Crippen LogP contribution in [0.15, 0.2) is 16.9 Å². The Kier molecular flexibility index (Phi) is 3.53. The zero-order valence-electron chi connectivity index (χ0n) is 9.47. The number of carbonyl (C=O) groups excluding carboxylic acids is 2. The number of nitrogens with zero attached hydrogens (tertiary/aromatic N) is 3. The summed E-state index contributed by atoms with van der Waals surface area (Å²) in [4.78, 5) is 21.9. The molecule has 106 valence electrons. The molecule has 1 aromatic rings. The van der Waals surface area contributed by atoms with Gasteiger partial charge in [-0.05, 0) is 12.2 Å². The van der Waals surface area contributed by atoms with Gasteiger partial charge in [-0.15, -0.1) is 5.10 Å². The molecule has 11 heteroatoms. The van der Waals surface area contributed by atoms with E-state index in [0.717, 1.165) is 12.3 Å². The third-order valence-electron chi connectivity index (χ3n) is 2.12. The highest BCUT2D eigenvalue weighted by molar-refractivity contribution is 7.71. The van der Waals surface area contributed by atoms with E-state index in [0.29, 0.717) is 4.68 Å². The molecule has 1 aliphatic heterocycles. The largest absolute Gasteiger partial charge is 0.483 e. The van der Waals surface area contributed by atoms with Gasteiger partial charge in [0, 0.05) is 6.08 Å². The predicted octanol–water partition coefficient (Wildman–Crippen LogP) is 0.846. The summed E-state index contributed by atoms with van der Waals surface area (Å²) in [5.74, 6) is -3.06. The molecule has 0 aromatic carbocycles. The first-order valence-electron chi connectivity index (χ1n) is 4.99. The summed E-state index contributed by atoms with van der Waals surface area (Å²) in [6.07, 6.45) is -3.09. The van der Waals surface area contributed by atoms with E-state index in [2.05, 4.69) is 22.4 Å². The number of ketones is 2. The van der Waals surface area contributed by atoms with Crippen molar-refractivity contribution >= 4 is 30.0 Å². The quantitative estimate of drug-likeness (QED) is 0.497. The lowest BCUT2D eigenvalue weighted by atomic mass is 10.2. The molecule has 20 heavy (non-hydrogen) atoms. The molecule has 1 aromatic heterocycles. The molecule has 7 nitrogen and oxygen atoms in total. The number of hydrogen-bond donors (Lipinski definition) is 1. The van der Waals surface area contributed by atoms with Gasteiger partial charge in [0.25, 0.3) is 5.82 Å². The van der Waals surface area contributed by atoms with Crippen molar-refractivity contribution in [2.24, 2.45) is 5.10 Å². The number of ether oxygens (including phenoxy) is 1. The van der Waals surface area contributed by atoms with Gasteiger partial charge in [0.15, 0.2) is 6.61 Å². The van der Waals surface area contributed by atoms with Crippen molar-refractivity contribution in [3.8, 4) is 0 Å². The maximum absolute atomic E-state index is 12.6. The summed E-state index contributed by atoms with van der Waals surface area (Å²) in [5, 5.41) is 8.38. The van der Waals surface area contributed by atoms with Gasteiger partial charge < -0.3 is 4.74 Å². The molecular formula is C9H5F3N4O3S. The fourth-order valence-electron chi connectivity index (χ4n) is 1.24. The van der Waals surface area contributed by atoms with Gasteiger partial charge in [0.1, 0.15) is 5.76 Å². The van der Waals surface area contributed by atoms with Crippen molar-refractivity contribution in [2.45, 2.75) is 6.18 Å². The van der Waals surface area contributed by atoms with Gasteiger partial charge in [-0.3, -0.25) is 9.59 Å². The minimum Gasteiger partial charge on any atom is -0.483 e. The van der Waals surface area contributed by atoms with E-state index in [1.54, 1.807) is 0 Å². The van der Waals surface area contributed by atoms with E-state index in [4.69, 9.17) is 4.74 Å². The van der Waals surface area contributed by atoms with Crippen molar-refractivity contribution in [1.82, 2.24) is 14.9 Å². The molecule has 0 spiro atoms. The molecule has 0 saturated heterocycles. The second-order valence-electron chi connectivity index (χ2n) is 3.53. The molecule has 1 aliphatic rings. The van der Waals surface area contributed by atoms with Gasteiger partial charge in [-0.2, -0.15) is 22.9 Å². The first kappa shape index (κ1) is 14.1. The first-order chi connectivity index (χ1) is 9.29. The van der Waals surface area contributed by atoms with E-state index in [1.807, 2.05) is 5.10 Å². The van der Waals surface area contributed by atoms with Crippen molar-refractivity contribution in [1.29, 1.82) is 0 Å². The molecule has 1 N–H and O–H groups in total. The van der Waals surface area contributed by atoms with Crippen LogP contribution in [0.1, 0.15) is 5.82 Å². The smallest absolute Gasteiger partial charge is 0.453 e. The van der Waals surface area contributed by atoms with Crippen LogP contribution < -0.4 is 0 Å². The number of Topliss-reactive ketones (excluding diaryl/α,β-unsaturated/α-hetero) is 1. The molecule has 2 rings (SSSR count). The standard InChI is InChI=1S/C9H5F3N4O3S/c10-9(11,12)7-14-15-8(20)16(7)13-2-4-1-5(17)6(18)3-19-4/h1-2H,3H2,(H,15,20)/b13-2+. The van der Waals surface area contributed by atoms with Crippen LogP contribution in [-0.2, 0) is 20.5 Å². The lowest BCUT2D eigenvalue weighted by Crippen LogP contribution is -2.23. The minimum absolute atomic E-state index is 0.147. The number of allylic oxidation sites excluding steroid dienone is 2. The molecular weight excluding hydrogens is 301 g/mol. The molecule has 0 atom stereocenters. The van der Waals surface area contributed by atoms with Crippen LogP contribution in [0.5, 0.6) is 0 Å². The van der Waals surface area contributed by atoms with Crippen LogP contribution in [0, 0.1) is 4.77 Å². The zero-order valence-corrected chi connectivity index (χ0v) is 10.3. The SMILES string of the molecule is O=C1C=C(/C=N/n2c(C(F)(F)F)n[nH]c2=S)OCC1=O. The first-order valence-corrected chi connectivity index (χ1v) is 5.40. The summed E-state index contributed by atoms with van der Waals surface area (Å²) >= 11 is 4.60. The van der Waals surface area contributed by atoms with Gasteiger partial charge in [0.2, 0.25) is 16.3 Å². The number of aromatic nitrogens is 3. The number of rotatable bonds is 2. The average Bonchev–Trinajstić information content (AvgIpc) is 2.72. The highest BCUT2D eigenvalue weighted by Crippen LogP contribution is 2.27. The molecule has 0 unspecified atom stereocenters. The van der Waals surface area contributed by atoms with E-state index in [1.165, 1.54) is 0 Å². The number of aromatic amines is 1. The molecule has 0 aliphatic carbocycles. The van der Waals surface area contributed by atoms with E-state index in [9.17, 15) is 22.8 Å². The predicted molar refractivity (Wildman–Crippen MR) is 60.4 cm³/mol. The summed E-state index contributed by atoms with van der Waals surface area (Å²) in [5.41, 5.74) is 0. The van der Waals surface area contributed by atoms with Crippen molar-refractivity contribution in [2.75, 3.05) is 6.61 Å². The van der Waals surface area contributed by atoms with Crippen molar-refractivity contribution < 1.29 is 27.5 Å². The van der Waals surface area contributed by atoms with E-state index < -0.39 is 30.2 Å². The maximum Gasteiger partial charge on any atom is 0.453 e. The molecule has 2 heterocycles. The molecule has 0 amide bonds. The summed E-state index contributed by atoms with van der Waals surface area (Å²) in [6, 6.07) is 0. The van der Waals surface area contributed by atoms with Gasteiger partial charge >= 0.3 is 6.18 Å². The van der Waals surface area contributed by atoms with Crippen LogP contribution >= 0.6 is 12.2 Å². The number of hydrogen-bond acceptors (Lipinski definition) is 6. The maximum atomic E-state index is 12.6. The van der Waals surface area contributed by atoms with Crippen LogP contribution in [0.4, 0.5) is 13.2 Å². The van der Waals surface area contributed by atoms with Crippen LogP contribution in [0.2, 0.25) is 0 Å². The molecule has 0 saturated carbocycles. The second-order valence-corrected chi connectivity index (χ2v) is 3.92. The Morgan fingerprint density at radius 2 is 2.20 bits per heavy atom. The highest BCUT2D eigenvalue weighted by Gasteiger charge is 2.37. The highest BCUT2D eigenvalue weighted by atomic mass is 32.1. The van der Waals surface area contributed by atoms with Crippen molar-refractivity contribution in [3.05, 3.63) is 22.4 Å². The third kappa shape index (κ3) is 2.82. The Hall–Kier alpha value is -2.30. The van der Waals surface area contributed by atoms with Gasteiger partial charge in [-0.25, -0.2) is 5.10 Å². The van der Waals surface area contributed by atoms with E-state index in [-0.39, 0.29) is 10.5 Å². The Morgan fingerprint density at radius 1 is 1.50 bits per heavy atom. The fraction of sp³-hybridized carbons (Fsp3) is 0.222. The van der Waals surface area contributed by atoms with Gasteiger partial charge in [-0.1, -0.05) is 0 Å². The monoisotopic (exact) mass is 306 g/mol. The molecule has 0 fully saturated rings. The average molecular weight is 306 g/mol. The van der Waals surface area contributed by atoms with Crippen molar-refractivity contribution in [3.63, 3.8) is 0 Å². The Morgan fingerprint density at radius 3 is 2.80 bits per heavy atom. The minimum atomic E-state index is -4.75. The fourth-order valence-corrected chi connectivity index (χ4v) is 1.42. The lowest BCUT2D eigenvalue weighted by molar-refractivity contribution is -0.147. The van der Waals surface area contributed by atoms with E-state index >= 15 is 0 Å². The van der Waals surface area contributed by atoms with Crippen LogP contribution in [-0.4, -0.2) is 39.3 Å². The third-order valence-corrected chi connectivity index (χ3v) is 2.39. The summed E-state index contributed by atoms with van der Waals surface area (Å²) < 4.78 is 42.5. The molecule has 0 radical (unpaired) electrons. The van der Waals surface area contributed by atoms with Gasteiger partial charge in [0.05, 0.1) is 6.21 Å². The topological polar surface area (TPSA) is 89.3 Å². The Labute approximate surface area is 113 Å². The number of alkyl halides is 3. The second kappa shape index (κ2) is 5.00. The summed E-state index contributed by atoms with van der Waals surface area (Å²) in [6.45, 7) is -0.487. The zero-order chi connectivity index (χ0) is 14.9.